The van der Waals surface area contributed by atoms with Gasteiger partial charge < -0.3 is 8.85 Å². The molecular weight excluding hydrogens is 204 g/mol. The Morgan fingerprint density at radius 1 is 0.867 bits per heavy atom. The second-order valence-electron chi connectivity index (χ2n) is 5.07. The van der Waals surface area contributed by atoms with Gasteiger partial charge in [-0.2, -0.15) is 0 Å². The van der Waals surface area contributed by atoms with Crippen LogP contribution in [-0.2, 0) is 8.85 Å². The third-order valence-electron chi connectivity index (χ3n) is 1.50. The van der Waals surface area contributed by atoms with Crippen LogP contribution in [0.25, 0.3) is 0 Å². The summed E-state index contributed by atoms with van der Waals surface area (Å²) in [7, 11) is -1.54. The van der Waals surface area contributed by atoms with E-state index in [1.54, 1.807) is 0 Å². The molecule has 0 radical (unpaired) electrons. The van der Waals surface area contributed by atoms with Gasteiger partial charge in [0.25, 0.3) is 0 Å². The molecule has 3 heteroatoms. The van der Waals surface area contributed by atoms with E-state index in [0.29, 0.717) is 0 Å². The second-order valence-corrected chi connectivity index (χ2v) is 8.01. The number of hydrogen-bond donors (Lipinski definition) is 0. The molecule has 0 aromatic heterocycles. The van der Waals surface area contributed by atoms with E-state index in [0.717, 1.165) is 0 Å². The summed E-state index contributed by atoms with van der Waals surface area (Å²) in [6, 6.07) is 0. The third kappa shape index (κ3) is 10.2. The van der Waals surface area contributed by atoms with E-state index in [4.69, 9.17) is 8.85 Å². The quantitative estimate of drug-likeness (QED) is 0.544. The standard InChI is InChI=1S/C10H24O2Si.C2H4/c1-8(2)11-13(10(5,6)7)12-9(3)4;1-2/h8-9,13H,1-7H3;1-2H2. The molecule has 0 atom stereocenters. The van der Waals surface area contributed by atoms with Crippen molar-refractivity contribution in [2.24, 2.45) is 0 Å². The first kappa shape index (κ1) is 17.3. The molecule has 0 fully saturated rings. The smallest absolute Gasteiger partial charge is 0.327 e. The van der Waals surface area contributed by atoms with E-state index < -0.39 is 9.28 Å². The van der Waals surface area contributed by atoms with Crippen LogP contribution in [-0.4, -0.2) is 21.5 Å². The molecule has 0 aliphatic rings. The fraction of sp³-hybridized carbons (Fsp3) is 0.833. The molecule has 0 spiro atoms. The van der Waals surface area contributed by atoms with E-state index in [9.17, 15) is 0 Å². The highest BCUT2D eigenvalue weighted by atomic mass is 28.3. The van der Waals surface area contributed by atoms with E-state index >= 15 is 0 Å². The summed E-state index contributed by atoms with van der Waals surface area (Å²) in [5.74, 6) is 0. The molecule has 0 bridgehead atoms. The molecule has 0 aromatic rings. The first-order valence-corrected chi connectivity index (χ1v) is 7.06. The largest absolute Gasteiger partial charge is 0.394 e. The van der Waals surface area contributed by atoms with Crippen molar-refractivity contribution in [3.05, 3.63) is 13.2 Å². The molecule has 15 heavy (non-hydrogen) atoms. The maximum Gasteiger partial charge on any atom is 0.327 e. The highest BCUT2D eigenvalue weighted by Crippen LogP contribution is 2.29. The minimum Gasteiger partial charge on any atom is -0.394 e. The van der Waals surface area contributed by atoms with Gasteiger partial charge in [-0.05, 0) is 27.7 Å². The van der Waals surface area contributed by atoms with Crippen LogP contribution in [0.2, 0.25) is 5.04 Å². The predicted octanol–water partition coefficient (Wildman–Crippen LogP) is 3.66. The Hall–Kier alpha value is -0.123. The van der Waals surface area contributed by atoms with Crippen molar-refractivity contribution in [3.63, 3.8) is 0 Å². The van der Waals surface area contributed by atoms with E-state index in [1.165, 1.54) is 0 Å². The molecule has 0 N–H and O–H groups in total. The van der Waals surface area contributed by atoms with Crippen molar-refractivity contribution in [2.45, 2.75) is 65.7 Å². The monoisotopic (exact) mass is 232 g/mol. The Labute approximate surface area is 97.5 Å². The van der Waals surface area contributed by atoms with Gasteiger partial charge in [0, 0.05) is 17.2 Å². The number of hydrogen-bond acceptors (Lipinski definition) is 2. The van der Waals surface area contributed by atoms with Crippen LogP contribution in [0.3, 0.4) is 0 Å². The Balaban J connectivity index is 0. The fourth-order valence-corrected chi connectivity index (χ4v) is 2.80. The van der Waals surface area contributed by atoms with Crippen LogP contribution >= 0.6 is 0 Å². The van der Waals surface area contributed by atoms with Crippen LogP contribution in [0.5, 0.6) is 0 Å². The lowest BCUT2D eigenvalue weighted by molar-refractivity contribution is 0.115. The third-order valence-corrected chi connectivity index (χ3v) is 4.50. The first-order valence-electron chi connectivity index (χ1n) is 5.54. The molecule has 0 rings (SSSR count). The van der Waals surface area contributed by atoms with Crippen LogP contribution in [0.15, 0.2) is 13.2 Å². The van der Waals surface area contributed by atoms with Crippen LogP contribution in [0, 0.1) is 0 Å². The Kier molecular flexibility index (Phi) is 9.30. The molecule has 0 amide bonds. The van der Waals surface area contributed by atoms with Crippen LogP contribution in [0.4, 0.5) is 0 Å². The van der Waals surface area contributed by atoms with Gasteiger partial charge in [0.2, 0.25) is 0 Å². The highest BCUT2D eigenvalue weighted by molar-refractivity contribution is 6.48. The van der Waals surface area contributed by atoms with E-state index in [2.05, 4.69) is 61.6 Å². The molecule has 2 nitrogen and oxygen atoms in total. The topological polar surface area (TPSA) is 18.5 Å². The van der Waals surface area contributed by atoms with Crippen molar-refractivity contribution in [1.29, 1.82) is 0 Å². The van der Waals surface area contributed by atoms with Gasteiger partial charge in [-0.15, -0.1) is 13.2 Å². The van der Waals surface area contributed by atoms with Gasteiger partial charge in [-0.25, -0.2) is 0 Å². The molecule has 0 aromatic carbocycles. The van der Waals surface area contributed by atoms with Gasteiger partial charge in [0.15, 0.2) is 0 Å². The number of rotatable bonds is 4. The molecule has 0 saturated carbocycles. The normalized spacial score (nSPS) is 11.9. The summed E-state index contributed by atoms with van der Waals surface area (Å²) in [6.07, 6.45) is 0.546. The summed E-state index contributed by atoms with van der Waals surface area (Å²) in [5.41, 5.74) is 0. The minimum atomic E-state index is -1.54. The lowest BCUT2D eigenvalue weighted by atomic mass is 10.3. The van der Waals surface area contributed by atoms with E-state index in [-0.39, 0.29) is 17.2 Å². The highest BCUT2D eigenvalue weighted by Gasteiger charge is 2.31. The summed E-state index contributed by atoms with van der Waals surface area (Å²) in [4.78, 5) is 0. The Morgan fingerprint density at radius 2 is 1.13 bits per heavy atom. The van der Waals surface area contributed by atoms with Crippen LogP contribution < -0.4 is 0 Å². The molecule has 0 aliphatic heterocycles. The van der Waals surface area contributed by atoms with Crippen molar-refractivity contribution in [2.75, 3.05) is 0 Å². The fourth-order valence-electron chi connectivity index (χ4n) is 0.935. The Bertz CT molecular complexity index is 140. The molecular formula is C12H28O2Si. The van der Waals surface area contributed by atoms with Crippen molar-refractivity contribution < 1.29 is 8.85 Å². The average molecular weight is 232 g/mol. The van der Waals surface area contributed by atoms with Crippen molar-refractivity contribution in [1.82, 2.24) is 0 Å². The lowest BCUT2D eigenvalue weighted by Crippen LogP contribution is -2.37. The van der Waals surface area contributed by atoms with Gasteiger partial charge >= 0.3 is 9.28 Å². The SMILES string of the molecule is C=C.CC(C)O[SiH](OC(C)C)C(C)(C)C. The Morgan fingerprint density at radius 3 is 1.27 bits per heavy atom. The van der Waals surface area contributed by atoms with Crippen molar-refractivity contribution >= 4 is 9.28 Å². The van der Waals surface area contributed by atoms with Gasteiger partial charge in [0.05, 0.1) is 0 Å². The van der Waals surface area contributed by atoms with Gasteiger partial charge in [0.1, 0.15) is 0 Å². The average Bonchev–Trinajstić information content (AvgIpc) is 2.03. The minimum absolute atomic E-state index is 0.175. The lowest BCUT2D eigenvalue weighted by Gasteiger charge is -2.31. The molecule has 0 unspecified atom stereocenters. The van der Waals surface area contributed by atoms with Crippen LogP contribution in [0.1, 0.15) is 48.5 Å². The summed E-state index contributed by atoms with van der Waals surface area (Å²) in [6.45, 7) is 20.8. The first-order chi connectivity index (χ1) is 6.73. The van der Waals surface area contributed by atoms with E-state index in [1.807, 2.05) is 0 Å². The molecule has 0 aliphatic carbocycles. The van der Waals surface area contributed by atoms with Crippen molar-refractivity contribution in [3.8, 4) is 0 Å². The summed E-state index contributed by atoms with van der Waals surface area (Å²) < 4.78 is 11.7. The van der Waals surface area contributed by atoms with Gasteiger partial charge in [-0.1, -0.05) is 20.8 Å². The second kappa shape index (κ2) is 8.08. The maximum atomic E-state index is 5.84. The zero-order valence-corrected chi connectivity index (χ0v) is 12.6. The summed E-state index contributed by atoms with van der Waals surface area (Å²) >= 11 is 0. The zero-order chi connectivity index (χ0) is 12.6. The maximum absolute atomic E-state index is 5.84. The predicted molar refractivity (Wildman–Crippen MR) is 70.6 cm³/mol. The van der Waals surface area contributed by atoms with Gasteiger partial charge in [-0.3, -0.25) is 0 Å². The molecule has 0 heterocycles. The zero-order valence-electron chi connectivity index (χ0n) is 11.5. The molecule has 92 valence electrons. The summed E-state index contributed by atoms with van der Waals surface area (Å²) in [5, 5.41) is 0.175. The molecule has 0 saturated heterocycles.